The van der Waals surface area contributed by atoms with Crippen molar-refractivity contribution in [1.82, 2.24) is 0 Å². The molecule has 0 atom stereocenters. The first-order valence-electron chi connectivity index (χ1n) is 3.42. The second-order valence-corrected chi connectivity index (χ2v) is 2.47. The molecule has 0 amide bonds. The molecule has 0 unspecified atom stereocenters. The van der Waals surface area contributed by atoms with E-state index in [1.807, 2.05) is 0 Å². The Bertz CT molecular complexity index is 187. The number of rotatable bonds is 4. The molecule has 0 aromatic carbocycles. The van der Waals surface area contributed by atoms with Gasteiger partial charge in [-0.05, 0) is 21.3 Å². The molecule has 10 heteroatoms. The first-order valence-corrected chi connectivity index (χ1v) is 3.42. The third-order valence-electron chi connectivity index (χ3n) is 1.75. The van der Waals surface area contributed by atoms with Crippen LogP contribution in [0, 0.1) is 0 Å². The van der Waals surface area contributed by atoms with Crippen LogP contribution in [0.3, 0.4) is 0 Å². The molecule has 0 aliphatic heterocycles. The van der Waals surface area contributed by atoms with Crippen molar-refractivity contribution < 1.29 is 87.3 Å². The maximum Gasteiger partial charge on any atom is 1.00 e. The van der Waals surface area contributed by atoms with Crippen LogP contribution in [0.1, 0.15) is 0 Å². The van der Waals surface area contributed by atoms with Gasteiger partial charge in [-0.2, -0.15) is 13.2 Å². The largest absolute Gasteiger partial charge is 1.00 e. The van der Waals surface area contributed by atoms with E-state index in [9.17, 15) is 22.0 Å². The molecule has 0 radical (unpaired) electrons. The van der Waals surface area contributed by atoms with Crippen molar-refractivity contribution in [2.45, 2.75) is 12.0 Å². The summed E-state index contributed by atoms with van der Waals surface area (Å²) in [4.78, 5) is 0. The summed E-state index contributed by atoms with van der Waals surface area (Å²) in [5, 5.41) is 0. The minimum atomic E-state index is -5.80. The van der Waals surface area contributed by atoms with E-state index in [1.54, 1.807) is 0 Å². The van der Waals surface area contributed by atoms with Gasteiger partial charge in [0.2, 0.25) is 0 Å². The van der Waals surface area contributed by atoms with Gasteiger partial charge in [-0.3, -0.25) is 0 Å². The third kappa shape index (κ3) is 3.35. The molecule has 0 saturated carbocycles. The van der Waals surface area contributed by atoms with Crippen LogP contribution in [-0.4, -0.2) is 40.1 Å². The van der Waals surface area contributed by atoms with Crippen LogP contribution in [0.15, 0.2) is 0 Å². The zero-order valence-electron chi connectivity index (χ0n) is 8.69. The summed E-state index contributed by atoms with van der Waals surface area (Å²) in [6.45, 7) is -4.17. The van der Waals surface area contributed by atoms with Crippen molar-refractivity contribution >= 4 is 6.75 Å². The molecular formula is C5H9BF5KO3. The van der Waals surface area contributed by atoms with Gasteiger partial charge in [0.15, 0.2) is 0 Å². The van der Waals surface area contributed by atoms with E-state index in [-0.39, 0.29) is 51.4 Å². The van der Waals surface area contributed by atoms with Crippen LogP contribution in [-0.2, 0) is 14.0 Å². The van der Waals surface area contributed by atoms with Crippen molar-refractivity contribution in [3.63, 3.8) is 0 Å². The molecule has 0 spiro atoms. The first-order chi connectivity index (χ1) is 6.18. The minimum absolute atomic E-state index is 0. The Labute approximate surface area is 126 Å². The molecule has 15 heavy (non-hydrogen) atoms. The number of hydrogen-bond donors (Lipinski definition) is 0. The van der Waals surface area contributed by atoms with E-state index in [0.717, 1.165) is 0 Å². The molecule has 0 aliphatic carbocycles. The molecule has 0 heterocycles. The van der Waals surface area contributed by atoms with Gasteiger partial charge in [0.05, 0.1) is 0 Å². The van der Waals surface area contributed by atoms with Gasteiger partial charge in [0.25, 0.3) is 0 Å². The van der Waals surface area contributed by atoms with Crippen LogP contribution in [0.4, 0.5) is 22.0 Å². The van der Waals surface area contributed by atoms with E-state index in [1.165, 1.54) is 0 Å². The van der Waals surface area contributed by atoms with Crippen molar-refractivity contribution in [3.8, 4) is 0 Å². The van der Waals surface area contributed by atoms with Crippen LogP contribution in [0.5, 0.6) is 0 Å². The normalized spacial score (nSPS) is 13.6. The monoisotopic (exact) mass is 262 g/mol. The van der Waals surface area contributed by atoms with E-state index in [4.69, 9.17) is 0 Å². The predicted octanol–water partition coefficient (Wildman–Crippen LogP) is -1.39. The van der Waals surface area contributed by atoms with Crippen LogP contribution in [0.2, 0.25) is 0 Å². The quantitative estimate of drug-likeness (QED) is 0.461. The molecule has 86 valence electrons. The summed E-state index contributed by atoms with van der Waals surface area (Å²) >= 11 is 0. The average Bonchev–Trinajstić information content (AvgIpc) is 2.06. The zero-order valence-corrected chi connectivity index (χ0v) is 11.8. The summed E-state index contributed by atoms with van der Waals surface area (Å²) in [5.41, 5.74) is 0. The second-order valence-electron chi connectivity index (χ2n) is 2.47. The third-order valence-corrected chi connectivity index (χ3v) is 1.75. The van der Waals surface area contributed by atoms with Gasteiger partial charge in [0, 0.05) is 0 Å². The summed E-state index contributed by atoms with van der Waals surface area (Å²) in [6.07, 6.45) is -5.80. The smallest absolute Gasteiger partial charge is 0.543 e. The van der Waals surface area contributed by atoms with Crippen LogP contribution < -0.4 is 51.4 Å². The Kier molecular flexibility index (Phi) is 7.74. The fraction of sp³-hybridized carbons (Fsp3) is 1.00. The summed E-state index contributed by atoms with van der Waals surface area (Å²) in [5.74, 6) is -5.20. The Morgan fingerprint density at radius 3 is 1.13 bits per heavy atom. The Morgan fingerprint density at radius 1 is 0.800 bits per heavy atom. The van der Waals surface area contributed by atoms with Crippen molar-refractivity contribution in [2.24, 2.45) is 0 Å². The van der Waals surface area contributed by atoms with Crippen molar-refractivity contribution in [3.05, 3.63) is 0 Å². The fourth-order valence-corrected chi connectivity index (χ4v) is 0.933. The summed E-state index contributed by atoms with van der Waals surface area (Å²) < 4.78 is 73.2. The van der Waals surface area contributed by atoms with Crippen molar-refractivity contribution in [1.29, 1.82) is 0 Å². The number of alkyl halides is 5. The Hall–Kier alpha value is 1.23. The van der Waals surface area contributed by atoms with Gasteiger partial charge in [-0.25, -0.2) is 8.78 Å². The van der Waals surface area contributed by atoms with Gasteiger partial charge >= 0.3 is 70.1 Å². The second kappa shape index (κ2) is 6.24. The molecule has 0 N–H and O–H groups in total. The molecular weight excluding hydrogens is 253 g/mol. The first kappa shape index (κ1) is 18.6. The topological polar surface area (TPSA) is 27.7 Å². The van der Waals surface area contributed by atoms with Gasteiger partial charge in [0.1, 0.15) is 0 Å². The van der Waals surface area contributed by atoms with E-state index < -0.39 is 18.8 Å². The summed E-state index contributed by atoms with van der Waals surface area (Å²) in [7, 11) is 1.94. The standard InChI is InChI=1S/C5H9BF5O3.K/c1-12-6(13-2,14-3)4(7,8)5(9,10)11;/h1-3H3;/q-1;+1. The number of hydrogen-bond acceptors (Lipinski definition) is 3. The van der Waals surface area contributed by atoms with Crippen molar-refractivity contribution in [2.75, 3.05) is 21.3 Å². The zero-order chi connectivity index (χ0) is 11.6. The molecule has 0 aliphatic rings. The maximum atomic E-state index is 12.8. The molecule has 0 aromatic rings. The predicted molar refractivity (Wildman–Crippen MR) is 37.8 cm³/mol. The van der Waals surface area contributed by atoms with E-state index in [0.29, 0.717) is 21.3 Å². The van der Waals surface area contributed by atoms with Crippen LogP contribution >= 0.6 is 0 Å². The minimum Gasteiger partial charge on any atom is -0.543 e. The fourth-order valence-electron chi connectivity index (χ4n) is 0.933. The summed E-state index contributed by atoms with van der Waals surface area (Å²) in [6, 6.07) is 0. The average molecular weight is 262 g/mol. The molecule has 0 rings (SSSR count). The maximum absolute atomic E-state index is 12.8. The van der Waals surface area contributed by atoms with Gasteiger partial charge in [-0.1, -0.05) is 0 Å². The van der Waals surface area contributed by atoms with Crippen LogP contribution in [0.25, 0.3) is 0 Å². The SMILES string of the molecule is CO[B-](OC)(OC)C(F)(F)C(F)(F)F.[K+]. The molecule has 0 bridgehead atoms. The molecule has 0 aromatic heterocycles. The van der Waals surface area contributed by atoms with E-state index >= 15 is 0 Å². The molecule has 3 nitrogen and oxygen atoms in total. The van der Waals surface area contributed by atoms with Gasteiger partial charge < -0.3 is 14.0 Å². The Morgan fingerprint density at radius 2 is 1.07 bits per heavy atom. The van der Waals surface area contributed by atoms with E-state index in [2.05, 4.69) is 14.0 Å². The Balaban J connectivity index is 0. The molecule has 0 fully saturated rings. The molecule has 0 saturated heterocycles. The van der Waals surface area contributed by atoms with Gasteiger partial charge in [-0.15, -0.1) is 0 Å². The number of halogens is 5.